The van der Waals surface area contributed by atoms with E-state index in [0.717, 1.165) is 47.4 Å². The zero-order chi connectivity index (χ0) is 26.2. The number of methoxy groups -OCH3 is 1. The molecular formula is C29H34N4O3S. The minimum atomic E-state index is -0.288. The van der Waals surface area contributed by atoms with Gasteiger partial charge in [-0.15, -0.1) is 11.3 Å². The summed E-state index contributed by atoms with van der Waals surface area (Å²) in [5.41, 5.74) is 3.43. The first-order valence-corrected chi connectivity index (χ1v) is 13.6. The van der Waals surface area contributed by atoms with Crippen molar-refractivity contribution in [2.45, 2.75) is 45.6 Å². The van der Waals surface area contributed by atoms with Crippen molar-refractivity contribution in [3.05, 3.63) is 81.8 Å². The van der Waals surface area contributed by atoms with Crippen LogP contribution >= 0.6 is 11.3 Å². The number of carbonyl (C=O) groups excluding carboxylic acids is 2. The SMILES string of the molecule is CCC(CC)n1c(Cc2cccs2)nc2cc(C(=O)NCC(=O)NCCc3ccc(OC)cc3)ccc21. The fourth-order valence-corrected chi connectivity index (χ4v) is 5.21. The monoisotopic (exact) mass is 518 g/mol. The molecule has 0 aliphatic heterocycles. The topological polar surface area (TPSA) is 85.2 Å². The van der Waals surface area contributed by atoms with Crippen LogP contribution in [0.15, 0.2) is 60.0 Å². The summed E-state index contributed by atoms with van der Waals surface area (Å²) in [6, 6.07) is 17.9. The standard InChI is InChI=1S/C29H34N4O3S/c1-4-22(5-2)33-26-13-10-21(17-25(26)32-27(33)18-24-7-6-16-37-24)29(35)31-19-28(34)30-15-14-20-8-11-23(36-3)12-9-20/h6-13,16-17,22H,4-5,14-15,18-19H2,1-3H3,(H,30,34)(H,31,35). The lowest BCUT2D eigenvalue weighted by atomic mass is 10.1. The summed E-state index contributed by atoms with van der Waals surface area (Å²) in [5.74, 6) is 1.30. The number of thiophene rings is 1. The van der Waals surface area contributed by atoms with Gasteiger partial charge in [0.2, 0.25) is 5.91 Å². The molecule has 0 saturated heterocycles. The maximum atomic E-state index is 12.8. The Labute approximate surface area is 221 Å². The molecule has 0 saturated carbocycles. The van der Waals surface area contributed by atoms with Crippen LogP contribution in [0.5, 0.6) is 5.75 Å². The fraction of sp³-hybridized carbons (Fsp3) is 0.345. The summed E-state index contributed by atoms with van der Waals surface area (Å²) < 4.78 is 7.49. The van der Waals surface area contributed by atoms with E-state index in [9.17, 15) is 9.59 Å². The number of amides is 2. The molecular weight excluding hydrogens is 484 g/mol. The van der Waals surface area contributed by atoms with Gasteiger partial charge in [0.25, 0.3) is 5.91 Å². The lowest BCUT2D eigenvalue weighted by molar-refractivity contribution is -0.120. The van der Waals surface area contributed by atoms with E-state index in [-0.39, 0.29) is 18.4 Å². The number of fused-ring (bicyclic) bond motifs is 1. The Morgan fingerprint density at radius 3 is 2.51 bits per heavy atom. The number of rotatable bonds is 12. The molecule has 0 fully saturated rings. The minimum absolute atomic E-state index is 0.0781. The molecule has 8 heteroatoms. The highest BCUT2D eigenvalue weighted by Gasteiger charge is 2.19. The Morgan fingerprint density at radius 2 is 1.84 bits per heavy atom. The van der Waals surface area contributed by atoms with Crippen molar-refractivity contribution in [1.82, 2.24) is 20.2 Å². The molecule has 0 atom stereocenters. The summed E-state index contributed by atoms with van der Waals surface area (Å²) in [4.78, 5) is 31.3. The predicted molar refractivity (Wildman–Crippen MR) is 149 cm³/mol. The van der Waals surface area contributed by atoms with Crippen LogP contribution in [-0.4, -0.2) is 41.6 Å². The van der Waals surface area contributed by atoms with Gasteiger partial charge in [-0.1, -0.05) is 32.0 Å². The van der Waals surface area contributed by atoms with Gasteiger partial charge in [-0.2, -0.15) is 0 Å². The quantitative estimate of drug-likeness (QED) is 0.272. The number of ether oxygens (including phenoxy) is 1. The molecule has 4 aromatic rings. The molecule has 0 spiro atoms. The molecule has 37 heavy (non-hydrogen) atoms. The number of aromatic nitrogens is 2. The van der Waals surface area contributed by atoms with Crippen molar-refractivity contribution >= 4 is 34.2 Å². The third kappa shape index (κ3) is 6.57. The number of hydrogen-bond acceptors (Lipinski definition) is 5. The predicted octanol–water partition coefficient (Wildman–Crippen LogP) is 5.15. The van der Waals surface area contributed by atoms with Crippen molar-refractivity contribution in [1.29, 1.82) is 0 Å². The zero-order valence-corrected chi connectivity index (χ0v) is 22.4. The van der Waals surface area contributed by atoms with Crippen LogP contribution in [-0.2, 0) is 17.6 Å². The highest BCUT2D eigenvalue weighted by atomic mass is 32.1. The van der Waals surface area contributed by atoms with Gasteiger partial charge < -0.3 is 19.9 Å². The first-order chi connectivity index (χ1) is 18.0. The normalized spacial score (nSPS) is 11.1. The summed E-state index contributed by atoms with van der Waals surface area (Å²) in [6.45, 7) is 4.80. The van der Waals surface area contributed by atoms with Gasteiger partial charge in [-0.25, -0.2) is 4.98 Å². The highest BCUT2D eigenvalue weighted by Crippen LogP contribution is 2.28. The molecule has 0 bridgehead atoms. The second-order valence-electron chi connectivity index (χ2n) is 8.96. The maximum Gasteiger partial charge on any atom is 0.251 e. The van der Waals surface area contributed by atoms with E-state index >= 15 is 0 Å². The average molecular weight is 519 g/mol. The molecule has 0 aliphatic rings. The Hall–Kier alpha value is -3.65. The molecule has 2 aromatic heterocycles. The number of nitrogens with one attached hydrogen (secondary N) is 2. The summed E-state index contributed by atoms with van der Waals surface area (Å²) in [5, 5.41) is 7.66. The smallest absolute Gasteiger partial charge is 0.251 e. The Morgan fingerprint density at radius 1 is 1.05 bits per heavy atom. The second-order valence-corrected chi connectivity index (χ2v) is 9.99. The van der Waals surface area contributed by atoms with Crippen molar-refractivity contribution in [3.8, 4) is 5.75 Å². The molecule has 2 N–H and O–H groups in total. The first kappa shape index (κ1) is 26.4. The molecule has 7 nitrogen and oxygen atoms in total. The third-order valence-corrected chi connectivity index (χ3v) is 7.43. The van der Waals surface area contributed by atoms with E-state index in [2.05, 4.69) is 46.6 Å². The maximum absolute atomic E-state index is 12.8. The van der Waals surface area contributed by atoms with E-state index in [1.807, 2.05) is 42.5 Å². The van der Waals surface area contributed by atoms with Gasteiger partial charge in [-0.05, 0) is 66.6 Å². The molecule has 0 aliphatic carbocycles. The van der Waals surface area contributed by atoms with Gasteiger partial charge in [0.1, 0.15) is 11.6 Å². The van der Waals surface area contributed by atoms with Crippen LogP contribution in [0.3, 0.4) is 0 Å². The van der Waals surface area contributed by atoms with Crippen LogP contribution in [0.4, 0.5) is 0 Å². The van der Waals surface area contributed by atoms with Gasteiger partial charge in [0.05, 0.1) is 24.7 Å². The Bertz CT molecular complexity index is 1330. The van der Waals surface area contributed by atoms with E-state index in [0.29, 0.717) is 24.6 Å². The number of nitrogens with zero attached hydrogens (tertiary/aromatic N) is 2. The van der Waals surface area contributed by atoms with Gasteiger partial charge in [0, 0.05) is 29.4 Å². The number of imidazole rings is 1. The van der Waals surface area contributed by atoms with Gasteiger partial charge in [-0.3, -0.25) is 9.59 Å². The van der Waals surface area contributed by atoms with Crippen molar-refractivity contribution in [2.24, 2.45) is 0 Å². The van der Waals surface area contributed by atoms with Crippen molar-refractivity contribution in [2.75, 3.05) is 20.2 Å². The molecule has 0 radical (unpaired) electrons. The molecule has 4 rings (SSSR count). The molecule has 194 valence electrons. The second kappa shape index (κ2) is 12.5. The molecule has 2 heterocycles. The number of benzene rings is 2. The lowest BCUT2D eigenvalue weighted by Crippen LogP contribution is -2.37. The van der Waals surface area contributed by atoms with Crippen LogP contribution < -0.4 is 15.4 Å². The number of hydrogen-bond donors (Lipinski definition) is 2. The third-order valence-electron chi connectivity index (χ3n) is 6.55. The van der Waals surface area contributed by atoms with E-state index in [1.165, 1.54) is 4.88 Å². The Balaban J connectivity index is 1.38. The number of carbonyl (C=O) groups is 2. The fourth-order valence-electron chi connectivity index (χ4n) is 4.51. The average Bonchev–Trinajstić information content (AvgIpc) is 3.56. The summed E-state index contributed by atoms with van der Waals surface area (Å²) in [7, 11) is 1.63. The molecule has 2 aromatic carbocycles. The van der Waals surface area contributed by atoms with Crippen LogP contribution in [0.2, 0.25) is 0 Å². The molecule has 2 amide bonds. The van der Waals surface area contributed by atoms with E-state index < -0.39 is 0 Å². The first-order valence-electron chi connectivity index (χ1n) is 12.7. The van der Waals surface area contributed by atoms with Crippen LogP contribution in [0.1, 0.15) is 59.4 Å². The van der Waals surface area contributed by atoms with Crippen LogP contribution in [0, 0.1) is 0 Å². The zero-order valence-electron chi connectivity index (χ0n) is 21.6. The van der Waals surface area contributed by atoms with Crippen LogP contribution in [0.25, 0.3) is 11.0 Å². The summed E-state index contributed by atoms with van der Waals surface area (Å²) >= 11 is 1.73. The van der Waals surface area contributed by atoms with Crippen molar-refractivity contribution in [3.63, 3.8) is 0 Å². The Kier molecular flexibility index (Phi) is 8.95. The summed E-state index contributed by atoms with van der Waals surface area (Å²) in [6.07, 6.45) is 3.48. The van der Waals surface area contributed by atoms with Gasteiger partial charge in [0.15, 0.2) is 0 Å². The molecule has 0 unspecified atom stereocenters. The van der Waals surface area contributed by atoms with E-state index in [4.69, 9.17) is 9.72 Å². The van der Waals surface area contributed by atoms with Gasteiger partial charge >= 0.3 is 0 Å². The highest BCUT2D eigenvalue weighted by molar-refractivity contribution is 7.09. The largest absolute Gasteiger partial charge is 0.497 e. The van der Waals surface area contributed by atoms with Crippen molar-refractivity contribution < 1.29 is 14.3 Å². The van der Waals surface area contributed by atoms with E-state index in [1.54, 1.807) is 18.4 Å². The lowest BCUT2D eigenvalue weighted by Gasteiger charge is -2.18. The minimum Gasteiger partial charge on any atom is -0.497 e.